The lowest BCUT2D eigenvalue weighted by Gasteiger charge is -2.50. The van der Waals surface area contributed by atoms with Crippen LogP contribution in [-0.2, 0) is 10.0 Å². The van der Waals surface area contributed by atoms with Crippen molar-refractivity contribution in [3.05, 3.63) is 65.3 Å². The van der Waals surface area contributed by atoms with Crippen molar-refractivity contribution in [3.8, 4) is 0 Å². The van der Waals surface area contributed by atoms with Crippen molar-refractivity contribution in [1.29, 1.82) is 0 Å². The summed E-state index contributed by atoms with van der Waals surface area (Å²) in [5.41, 5.74) is 8.74. The fraction of sp³-hybridized carbons (Fsp3) is 0.333. The fourth-order valence-corrected chi connectivity index (χ4v) is 6.31. The maximum atomic E-state index is 13.1. The molecule has 2 heterocycles. The molecule has 8 heteroatoms. The molecule has 0 saturated carbocycles. The van der Waals surface area contributed by atoms with Gasteiger partial charge in [0.25, 0.3) is 0 Å². The fourth-order valence-electron chi connectivity index (χ4n) is 4.37. The van der Waals surface area contributed by atoms with Gasteiger partial charge in [-0.15, -0.1) is 0 Å². The zero-order chi connectivity index (χ0) is 20.6. The molecule has 0 atom stereocenters. The van der Waals surface area contributed by atoms with Crippen LogP contribution in [0.15, 0.2) is 65.2 Å². The quantitative estimate of drug-likeness (QED) is 0.778. The number of fused-ring (bicyclic) bond motifs is 1. The van der Waals surface area contributed by atoms with Gasteiger partial charge in [0, 0.05) is 32.4 Å². The minimum absolute atomic E-state index is 0.161. The van der Waals surface area contributed by atoms with E-state index in [0.29, 0.717) is 32.5 Å². The van der Waals surface area contributed by atoms with E-state index in [1.807, 2.05) is 25.3 Å². The molecule has 0 amide bonds. The first-order chi connectivity index (χ1) is 13.9. The maximum Gasteiger partial charge on any atom is 0.244 e. The van der Waals surface area contributed by atoms with Crippen LogP contribution in [0, 0.1) is 0 Å². The predicted octanol–water partition coefficient (Wildman–Crippen LogP) is 3.27. The van der Waals surface area contributed by atoms with Gasteiger partial charge >= 0.3 is 0 Å². The van der Waals surface area contributed by atoms with Gasteiger partial charge in [0.2, 0.25) is 10.0 Å². The summed E-state index contributed by atoms with van der Waals surface area (Å²) in [5, 5.41) is 3.94. The molecule has 2 aromatic rings. The second-order valence-corrected chi connectivity index (χ2v) is 9.76. The van der Waals surface area contributed by atoms with E-state index in [0.717, 1.165) is 17.1 Å². The van der Waals surface area contributed by atoms with E-state index in [1.165, 1.54) is 4.31 Å². The van der Waals surface area contributed by atoms with Crippen molar-refractivity contribution < 1.29 is 8.42 Å². The van der Waals surface area contributed by atoms with Gasteiger partial charge < -0.3 is 16.0 Å². The number of benzene rings is 2. The van der Waals surface area contributed by atoms with Gasteiger partial charge in [-0.1, -0.05) is 35.9 Å². The van der Waals surface area contributed by atoms with E-state index >= 15 is 0 Å². The normalized spacial score (nSPS) is 20.5. The molecule has 1 fully saturated rings. The van der Waals surface area contributed by atoms with Gasteiger partial charge in [-0.3, -0.25) is 0 Å². The van der Waals surface area contributed by atoms with Crippen LogP contribution in [0.4, 0.5) is 11.4 Å². The lowest BCUT2D eigenvalue weighted by molar-refractivity contribution is 0.275. The molecule has 1 spiro atoms. The van der Waals surface area contributed by atoms with Crippen LogP contribution < -0.4 is 16.0 Å². The summed E-state index contributed by atoms with van der Waals surface area (Å²) >= 11 is 6.16. The summed E-state index contributed by atoms with van der Waals surface area (Å²) in [6.45, 7) is 1.23. The van der Waals surface area contributed by atoms with Crippen LogP contribution in [0.2, 0.25) is 5.02 Å². The Hall–Kier alpha value is -2.06. The summed E-state index contributed by atoms with van der Waals surface area (Å²) in [6.07, 6.45) is 3.31. The van der Waals surface area contributed by atoms with Crippen molar-refractivity contribution in [2.45, 2.75) is 23.3 Å². The highest BCUT2D eigenvalue weighted by molar-refractivity contribution is 7.89. The molecule has 2 aromatic carbocycles. The van der Waals surface area contributed by atoms with Crippen LogP contribution in [0.1, 0.15) is 12.8 Å². The number of nitrogens with two attached hydrogens (primary N) is 1. The van der Waals surface area contributed by atoms with Gasteiger partial charge in [0.15, 0.2) is 0 Å². The number of hydrogen-bond donors (Lipinski definition) is 2. The Balaban J connectivity index is 1.64. The second-order valence-electron chi connectivity index (χ2n) is 7.44. The van der Waals surface area contributed by atoms with Gasteiger partial charge in [-0.2, -0.15) is 4.31 Å². The first-order valence-electron chi connectivity index (χ1n) is 9.65. The van der Waals surface area contributed by atoms with E-state index in [-0.39, 0.29) is 15.5 Å². The molecule has 154 valence electrons. The molecular formula is C21H25ClN4O2S. The molecule has 3 N–H and O–H groups in total. The van der Waals surface area contributed by atoms with Crippen LogP contribution in [0.25, 0.3) is 0 Å². The standard InChI is InChI=1S/C21H25ClN4O2S/c1-25-18-8-4-3-7-17(18)24-21(20(25)10-13-23)11-14-26(15-12-21)29(27,28)19-9-5-2-6-16(19)22/h2-10,24H,11-15,23H2,1H3/b20-10-. The van der Waals surface area contributed by atoms with Gasteiger partial charge in [-0.25, -0.2) is 8.42 Å². The molecule has 1 saturated heterocycles. The Morgan fingerprint density at radius 3 is 2.48 bits per heavy atom. The van der Waals surface area contributed by atoms with E-state index in [2.05, 4.69) is 22.3 Å². The van der Waals surface area contributed by atoms with E-state index < -0.39 is 10.0 Å². The average molecular weight is 433 g/mol. The molecule has 29 heavy (non-hydrogen) atoms. The number of sulfonamides is 1. The Kier molecular flexibility index (Phi) is 5.33. The number of likely N-dealkylation sites (N-methyl/N-ethyl adjacent to an activating group) is 1. The van der Waals surface area contributed by atoms with Crippen LogP contribution in [-0.4, -0.2) is 44.9 Å². The predicted molar refractivity (Wildman–Crippen MR) is 118 cm³/mol. The first-order valence-corrected chi connectivity index (χ1v) is 11.5. The van der Waals surface area contributed by atoms with Gasteiger partial charge in [0.05, 0.1) is 21.9 Å². The number of nitrogens with zero attached hydrogens (tertiary/aromatic N) is 2. The summed E-state index contributed by atoms with van der Waals surface area (Å²) in [6, 6.07) is 14.7. The van der Waals surface area contributed by atoms with Crippen LogP contribution >= 0.6 is 11.6 Å². The summed E-state index contributed by atoms with van der Waals surface area (Å²) in [4.78, 5) is 2.33. The zero-order valence-electron chi connectivity index (χ0n) is 16.3. The molecule has 2 aliphatic heterocycles. The molecule has 0 unspecified atom stereocenters. The maximum absolute atomic E-state index is 13.1. The van der Waals surface area contributed by atoms with Crippen molar-refractivity contribution >= 4 is 33.0 Å². The Labute approximate surface area is 177 Å². The van der Waals surface area contributed by atoms with Crippen LogP contribution in [0.5, 0.6) is 0 Å². The molecule has 0 radical (unpaired) electrons. The van der Waals surface area contributed by atoms with E-state index in [4.69, 9.17) is 17.3 Å². The monoisotopic (exact) mass is 432 g/mol. The average Bonchev–Trinajstić information content (AvgIpc) is 2.72. The third-order valence-corrected chi connectivity index (χ3v) is 8.23. The molecule has 4 rings (SSSR count). The van der Waals surface area contributed by atoms with Gasteiger partial charge in [-0.05, 0) is 43.2 Å². The minimum atomic E-state index is -3.64. The Morgan fingerprint density at radius 2 is 1.79 bits per heavy atom. The zero-order valence-corrected chi connectivity index (χ0v) is 17.9. The van der Waals surface area contributed by atoms with Crippen molar-refractivity contribution in [3.63, 3.8) is 0 Å². The Bertz CT molecular complexity index is 1050. The number of nitrogens with one attached hydrogen (secondary N) is 1. The van der Waals surface area contributed by atoms with E-state index in [1.54, 1.807) is 24.3 Å². The van der Waals surface area contributed by atoms with Crippen LogP contribution in [0.3, 0.4) is 0 Å². The number of hydrogen-bond acceptors (Lipinski definition) is 5. The molecular weight excluding hydrogens is 408 g/mol. The molecule has 0 aliphatic carbocycles. The highest BCUT2D eigenvalue weighted by atomic mass is 35.5. The summed E-state index contributed by atoms with van der Waals surface area (Å²) in [5.74, 6) is 0. The van der Waals surface area contributed by atoms with E-state index in [9.17, 15) is 8.42 Å². The first kappa shape index (κ1) is 20.2. The third-order valence-electron chi connectivity index (χ3n) is 5.83. The number of para-hydroxylation sites is 2. The summed E-state index contributed by atoms with van der Waals surface area (Å²) < 4.78 is 27.8. The molecule has 0 aromatic heterocycles. The van der Waals surface area contributed by atoms with Crippen molar-refractivity contribution in [2.24, 2.45) is 5.73 Å². The lowest BCUT2D eigenvalue weighted by Crippen LogP contribution is -2.56. The minimum Gasteiger partial charge on any atom is -0.372 e. The summed E-state index contributed by atoms with van der Waals surface area (Å²) in [7, 11) is -1.60. The second kappa shape index (κ2) is 7.65. The number of piperidine rings is 1. The molecule has 2 aliphatic rings. The number of halogens is 1. The van der Waals surface area contributed by atoms with Crippen molar-refractivity contribution in [2.75, 3.05) is 36.9 Å². The highest BCUT2D eigenvalue weighted by Crippen LogP contribution is 2.44. The Morgan fingerprint density at radius 1 is 1.14 bits per heavy atom. The largest absolute Gasteiger partial charge is 0.372 e. The number of anilines is 2. The molecule has 6 nitrogen and oxygen atoms in total. The number of rotatable bonds is 3. The topological polar surface area (TPSA) is 78.7 Å². The molecule has 0 bridgehead atoms. The smallest absolute Gasteiger partial charge is 0.244 e. The highest BCUT2D eigenvalue weighted by Gasteiger charge is 2.45. The third kappa shape index (κ3) is 3.42. The van der Waals surface area contributed by atoms with Crippen molar-refractivity contribution in [1.82, 2.24) is 4.31 Å². The lowest BCUT2D eigenvalue weighted by atomic mass is 9.81. The van der Waals surface area contributed by atoms with Gasteiger partial charge in [0.1, 0.15) is 4.90 Å². The SMILES string of the molecule is CN1/C(=C\CN)C2(CCN(S(=O)(=O)c3ccccc3Cl)CC2)Nc2ccccc21.